The van der Waals surface area contributed by atoms with E-state index in [2.05, 4.69) is 24.5 Å². The number of phenols is 1. The Balaban J connectivity index is 2.63. The summed E-state index contributed by atoms with van der Waals surface area (Å²) < 4.78 is 5.10. The van der Waals surface area contributed by atoms with Crippen LogP contribution in [0.4, 0.5) is 0 Å². The van der Waals surface area contributed by atoms with E-state index in [-0.39, 0.29) is 23.7 Å². The Kier molecular flexibility index (Phi) is 6.49. The third-order valence-corrected chi connectivity index (χ3v) is 3.28. The molecule has 0 fully saturated rings. The zero-order valence-corrected chi connectivity index (χ0v) is 13.4. The fraction of sp³-hybridized carbons (Fsp3) is 0.562. The molecule has 2 unspecified atom stereocenters. The lowest BCUT2D eigenvalue weighted by Gasteiger charge is -2.21. The van der Waals surface area contributed by atoms with Gasteiger partial charge in [-0.05, 0) is 37.5 Å². The molecule has 0 saturated carbocycles. The van der Waals surface area contributed by atoms with Gasteiger partial charge in [-0.3, -0.25) is 10.1 Å². The summed E-state index contributed by atoms with van der Waals surface area (Å²) in [5.41, 5.74) is 0.952. The summed E-state index contributed by atoms with van der Waals surface area (Å²) >= 11 is 0. The molecular weight excluding hydrogens is 268 g/mol. The number of hydrogen-bond acceptors (Lipinski definition) is 4. The largest absolute Gasteiger partial charge is 0.504 e. The fourth-order valence-corrected chi connectivity index (χ4v) is 1.97. The van der Waals surface area contributed by atoms with E-state index >= 15 is 0 Å². The number of methoxy groups -OCH3 is 1. The highest BCUT2D eigenvalue weighted by Gasteiger charge is 2.17. The first-order valence-corrected chi connectivity index (χ1v) is 7.25. The van der Waals surface area contributed by atoms with Crippen molar-refractivity contribution in [2.75, 3.05) is 13.7 Å². The van der Waals surface area contributed by atoms with Gasteiger partial charge in [0.2, 0.25) is 5.91 Å². The van der Waals surface area contributed by atoms with Gasteiger partial charge >= 0.3 is 0 Å². The lowest BCUT2D eigenvalue weighted by Crippen LogP contribution is -2.44. The molecule has 118 valence electrons. The molecule has 0 aliphatic heterocycles. The van der Waals surface area contributed by atoms with Gasteiger partial charge in [-0.2, -0.15) is 0 Å². The number of nitrogens with one attached hydrogen (secondary N) is 2. The number of ether oxygens (including phenoxy) is 1. The average Bonchev–Trinajstić information content (AvgIpc) is 2.44. The Hall–Kier alpha value is -1.75. The van der Waals surface area contributed by atoms with E-state index in [1.165, 1.54) is 7.11 Å². The Bertz CT molecular complexity index is 475. The van der Waals surface area contributed by atoms with Crippen LogP contribution in [-0.4, -0.2) is 30.7 Å². The molecule has 1 rings (SSSR count). The van der Waals surface area contributed by atoms with E-state index in [1.54, 1.807) is 12.1 Å². The van der Waals surface area contributed by atoms with Gasteiger partial charge in [0, 0.05) is 12.6 Å². The maximum atomic E-state index is 12.0. The van der Waals surface area contributed by atoms with Crippen molar-refractivity contribution in [1.82, 2.24) is 10.6 Å². The lowest BCUT2D eigenvalue weighted by atomic mass is 10.1. The minimum atomic E-state index is -0.293. The van der Waals surface area contributed by atoms with Crippen LogP contribution in [0, 0.1) is 5.92 Å². The molecule has 0 heterocycles. The molecule has 1 aromatic carbocycles. The third kappa shape index (κ3) is 5.27. The Morgan fingerprint density at radius 1 is 1.29 bits per heavy atom. The van der Waals surface area contributed by atoms with E-state index < -0.39 is 0 Å². The van der Waals surface area contributed by atoms with Crippen molar-refractivity contribution in [3.63, 3.8) is 0 Å². The number of carbonyl (C=O) groups excluding carboxylic acids is 1. The molecule has 21 heavy (non-hydrogen) atoms. The van der Waals surface area contributed by atoms with Crippen LogP contribution in [0.2, 0.25) is 0 Å². The van der Waals surface area contributed by atoms with Crippen LogP contribution in [0.5, 0.6) is 11.5 Å². The van der Waals surface area contributed by atoms with Gasteiger partial charge < -0.3 is 15.2 Å². The van der Waals surface area contributed by atoms with E-state index in [0.717, 1.165) is 5.56 Å². The van der Waals surface area contributed by atoms with Crippen molar-refractivity contribution in [3.8, 4) is 11.5 Å². The van der Waals surface area contributed by atoms with E-state index in [4.69, 9.17) is 4.74 Å². The molecule has 1 aromatic rings. The normalized spacial score (nSPS) is 13.8. The summed E-state index contributed by atoms with van der Waals surface area (Å²) in [5.74, 6) is 0.954. The minimum absolute atomic E-state index is 0.0127. The van der Waals surface area contributed by atoms with Crippen LogP contribution in [0.3, 0.4) is 0 Å². The molecule has 0 aliphatic carbocycles. The van der Waals surface area contributed by atoms with E-state index in [9.17, 15) is 9.90 Å². The van der Waals surface area contributed by atoms with Gasteiger partial charge in [0.05, 0.1) is 13.2 Å². The fourth-order valence-electron chi connectivity index (χ4n) is 1.97. The summed E-state index contributed by atoms with van der Waals surface area (Å²) in [7, 11) is 1.51. The van der Waals surface area contributed by atoms with Gasteiger partial charge in [0.15, 0.2) is 11.5 Å². The van der Waals surface area contributed by atoms with Crippen LogP contribution < -0.4 is 15.4 Å². The van der Waals surface area contributed by atoms with Gasteiger partial charge in [0.1, 0.15) is 0 Å². The van der Waals surface area contributed by atoms with Gasteiger partial charge in [0.25, 0.3) is 0 Å². The number of amides is 1. The second-order valence-electron chi connectivity index (χ2n) is 5.68. The molecule has 0 bridgehead atoms. The summed E-state index contributed by atoms with van der Waals surface area (Å²) in [6, 6.07) is 4.86. The lowest BCUT2D eigenvalue weighted by molar-refractivity contribution is -0.123. The smallest absolute Gasteiger partial charge is 0.236 e. The SMILES string of the molecule is COc1cc(C(C)NC(C)C(=O)NCC(C)C)ccc1O. The monoisotopic (exact) mass is 294 g/mol. The predicted octanol–water partition coefficient (Wildman–Crippen LogP) is 2.21. The Morgan fingerprint density at radius 3 is 2.52 bits per heavy atom. The van der Waals surface area contributed by atoms with Crippen LogP contribution in [0.25, 0.3) is 0 Å². The summed E-state index contributed by atoms with van der Waals surface area (Å²) in [5, 5.41) is 15.7. The molecule has 5 nitrogen and oxygen atoms in total. The van der Waals surface area contributed by atoms with Crippen molar-refractivity contribution in [1.29, 1.82) is 0 Å². The number of carbonyl (C=O) groups is 1. The quantitative estimate of drug-likeness (QED) is 0.721. The maximum Gasteiger partial charge on any atom is 0.236 e. The van der Waals surface area contributed by atoms with Gasteiger partial charge in [-0.25, -0.2) is 0 Å². The topological polar surface area (TPSA) is 70.6 Å². The number of hydrogen-bond donors (Lipinski definition) is 3. The predicted molar refractivity (Wildman–Crippen MR) is 83.5 cm³/mol. The highest BCUT2D eigenvalue weighted by molar-refractivity contribution is 5.81. The molecule has 1 amide bonds. The second-order valence-corrected chi connectivity index (χ2v) is 5.68. The first kappa shape index (κ1) is 17.3. The van der Waals surface area contributed by atoms with Gasteiger partial charge in [-0.1, -0.05) is 19.9 Å². The first-order chi connectivity index (χ1) is 9.85. The van der Waals surface area contributed by atoms with Crippen LogP contribution >= 0.6 is 0 Å². The molecule has 0 aliphatic rings. The molecule has 5 heteroatoms. The molecule has 0 aromatic heterocycles. The molecule has 2 atom stereocenters. The average molecular weight is 294 g/mol. The first-order valence-electron chi connectivity index (χ1n) is 7.25. The highest BCUT2D eigenvalue weighted by atomic mass is 16.5. The van der Waals surface area contributed by atoms with Crippen molar-refractivity contribution in [2.24, 2.45) is 5.92 Å². The number of phenolic OH excluding ortho intramolecular Hbond substituents is 1. The van der Waals surface area contributed by atoms with Crippen LogP contribution in [0.15, 0.2) is 18.2 Å². The Labute approximate surface area is 126 Å². The molecule has 0 spiro atoms. The van der Waals surface area contributed by atoms with E-state index in [0.29, 0.717) is 18.2 Å². The summed E-state index contributed by atoms with van der Waals surface area (Å²) in [4.78, 5) is 12.0. The molecular formula is C16H26N2O3. The standard InChI is InChI=1S/C16H26N2O3/c1-10(2)9-17-16(20)12(4)18-11(3)13-6-7-14(19)15(8-13)21-5/h6-8,10-12,18-19H,9H2,1-5H3,(H,17,20). The highest BCUT2D eigenvalue weighted by Crippen LogP contribution is 2.28. The zero-order valence-electron chi connectivity index (χ0n) is 13.4. The summed E-state index contributed by atoms with van der Waals surface area (Å²) in [6.45, 7) is 8.60. The van der Waals surface area contributed by atoms with Crippen LogP contribution in [-0.2, 0) is 4.79 Å². The molecule has 0 radical (unpaired) electrons. The maximum absolute atomic E-state index is 12.0. The minimum Gasteiger partial charge on any atom is -0.504 e. The van der Waals surface area contributed by atoms with Crippen molar-refractivity contribution < 1.29 is 14.6 Å². The van der Waals surface area contributed by atoms with Crippen LogP contribution in [0.1, 0.15) is 39.3 Å². The van der Waals surface area contributed by atoms with E-state index in [1.807, 2.05) is 19.9 Å². The Morgan fingerprint density at radius 2 is 1.95 bits per heavy atom. The van der Waals surface area contributed by atoms with Crippen molar-refractivity contribution in [2.45, 2.75) is 39.8 Å². The number of benzene rings is 1. The third-order valence-electron chi connectivity index (χ3n) is 3.28. The number of rotatable bonds is 7. The van der Waals surface area contributed by atoms with Crippen molar-refractivity contribution in [3.05, 3.63) is 23.8 Å². The second kappa shape index (κ2) is 7.88. The number of aromatic hydroxyl groups is 1. The molecule has 0 saturated heterocycles. The summed E-state index contributed by atoms with van der Waals surface area (Å²) in [6.07, 6.45) is 0. The van der Waals surface area contributed by atoms with Gasteiger partial charge in [-0.15, -0.1) is 0 Å². The molecule has 3 N–H and O–H groups in total. The van der Waals surface area contributed by atoms with Crippen molar-refractivity contribution >= 4 is 5.91 Å². The zero-order chi connectivity index (χ0) is 16.0.